The number of hydrogen-bond donors (Lipinski definition) is 0. The maximum Gasteiger partial charge on any atom is 0.220 e. The molecule has 3 aliphatic heterocycles. The molecule has 3 aliphatic rings. The second-order valence-corrected chi connectivity index (χ2v) is 4.67. The summed E-state index contributed by atoms with van der Waals surface area (Å²) in [6.07, 6.45) is 6.31. The van der Waals surface area contributed by atoms with Crippen molar-refractivity contribution in [2.45, 2.75) is 43.0 Å². The third kappa shape index (κ3) is 1.27. The van der Waals surface area contributed by atoms with Crippen LogP contribution in [0.4, 0.5) is 0 Å². The average Bonchev–Trinajstić information content (AvgIpc) is 2.06. The van der Waals surface area contributed by atoms with Crippen molar-refractivity contribution in [3.05, 3.63) is 25.5 Å². The first-order valence-corrected chi connectivity index (χ1v) is 5.60. The van der Waals surface area contributed by atoms with Crippen molar-refractivity contribution in [1.82, 2.24) is 0 Å². The molecule has 3 heterocycles. The van der Waals surface area contributed by atoms with E-state index in [1.807, 2.05) is 0 Å². The molecular formula is C12H16O4. The molecule has 3 unspecified atom stereocenters. The summed E-state index contributed by atoms with van der Waals surface area (Å²) < 4.78 is 22.3. The second kappa shape index (κ2) is 3.09. The Labute approximate surface area is 94.8 Å². The van der Waals surface area contributed by atoms with E-state index < -0.39 is 11.6 Å². The normalized spacial score (nSPS) is 49.0. The summed E-state index contributed by atoms with van der Waals surface area (Å²) in [7, 11) is 0. The Kier molecular flexibility index (Phi) is 2.00. The molecule has 0 aromatic rings. The van der Waals surface area contributed by atoms with Crippen LogP contribution in [-0.2, 0) is 18.9 Å². The quantitative estimate of drug-likeness (QED) is 0.541. The number of hydrogen-bond acceptors (Lipinski definition) is 4. The van der Waals surface area contributed by atoms with Gasteiger partial charge in [0.1, 0.15) is 0 Å². The van der Waals surface area contributed by atoms with Crippen molar-refractivity contribution in [2.24, 2.45) is 0 Å². The topological polar surface area (TPSA) is 36.9 Å². The first-order valence-electron chi connectivity index (χ1n) is 5.60. The van der Waals surface area contributed by atoms with Gasteiger partial charge >= 0.3 is 0 Å². The predicted molar refractivity (Wildman–Crippen MR) is 56.3 cm³/mol. The summed E-state index contributed by atoms with van der Waals surface area (Å²) in [6, 6.07) is 0. The SMILES string of the molecule is C=CCC1(OC=C)CC2(CC3(CCO3)O2)O1. The maximum absolute atomic E-state index is 5.80. The molecule has 3 saturated heterocycles. The van der Waals surface area contributed by atoms with E-state index in [4.69, 9.17) is 18.9 Å². The Morgan fingerprint density at radius 3 is 2.31 bits per heavy atom. The van der Waals surface area contributed by atoms with Crippen LogP contribution in [0.5, 0.6) is 0 Å². The largest absolute Gasteiger partial charge is 0.470 e. The Morgan fingerprint density at radius 1 is 1.19 bits per heavy atom. The standard InChI is InChI=1S/C12H16O4/c1-3-5-10(13-4-2)8-12(15-10)9-11(16-12)6-7-14-11/h3-4H,1-2,5-9H2. The lowest BCUT2D eigenvalue weighted by molar-refractivity contribution is -0.571. The first-order chi connectivity index (χ1) is 7.66. The fourth-order valence-corrected chi connectivity index (χ4v) is 2.79. The molecule has 2 spiro atoms. The predicted octanol–water partition coefficient (Wildman–Crippen LogP) is 2.07. The third-order valence-corrected chi connectivity index (χ3v) is 3.42. The Bertz CT molecular complexity index is 304. The molecule has 0 aromatic heterocycles. The number of ether oxygens (including phenoxy) is 4. The van der Waals surface area contributed by atoms with E-state index in [0.29, 0.717) is 12.8 Å². The van der Waals surface area contributed by atoms with E-state index in [2.05, 4.69) is 13.2 Å². The Balaban J connectivity index is 1.60. The first kappa shape index (κ1) is 10.3. The average molecular weight is 224 g/mol. The summed E-state index contributed by atoms with van der Waals surface area (Å²) in [5, 5.41) is 0. The van der Waals surface area contributed by atoms with Gasteiger partial charge in [-0.1, -0.05) is 12.7 Å². The molecule has 3 fully saturated rings. The van der Waals surface area contributed by atoms with Gasteiger partial charge in [0.2, 0.25) is 5.79 Å². The van der Waals surface area contributed by atoms with Crippen molar-refractivity contribution in [2.75, 3.05) is 6.61 Å². The zero-order valence-corrected chi connectivity index (χ0v) is 9.24. The molecule has 16 heavy (non-hydrogen) atoms. The van der Waals surface area contributed by atoms with Crippen LogP contribution in [0.3, 0.4) is 0 Å². The summed E-state index contributed by atoms with van der Waals surface area (Å²) in [5.41, 5.74) is 0. The summed E-state index contributed by atoms with van der Waals surface area (Å²) >= 11 is 0. The van der Waals surface area contributed by atoms with Crippen molar-refractivity contribution < 1.29 is 18.9 Å². The zero-order valence-electron chi connectivity index (χ0n) is 9.24. The highest BCUT2D eigenvalue weighted by Gasteiger charge is 2.71. The van der Waals surface area contributed by atoms with Gasteiger partial charge in [0.25, 0.3) is 0 Å². The highest BCUT2D eigenvalue weighted by molar-refractivity contribution is 5.07. The van der Waals surface area contributed by atoms with Crippen LogP contribution < -0.4 is 0 Å². The van der Waals surface area contributed by atoms with Crippen LogP contribution in [0.15, 0.2) is 25.5 Å². The molecule has 3 atom stereocenters. The minimum atomic E-state index is -0.616. The molecule has 3 rings (SSSR count). The van der Waals surface area contributed by atoms with Gasteiger partial charge < -0.3 is 18.9 Å². The van der Waals surface area contributed by atoms with E-state index in [1.165, 1.54) is 6.26 Å². The van der Waals surface area contributed by atoms with Crippen LogP contribution in [-0.4, -0.2) is 24.0 Å². The van der Waals surface area contributed by atoms with Crippen LogP contribution in [0, 0.1) is 0 Å². The van der Waals surface area contributed by atoms with Crippen LogP contribution in [0.25, 0.3) is 0 Å². The van der Waals surface area contributed by atoms with Gasteiger partial charge in [0, 0.05) is 12.8 Å². The van der Waals surface area contributed by atoms with E-state index in [1.54, 1.807) is 6.08 Å². The third-order valence-electron chi connectivity index (χ3n) is 3.42. The van der Waals surface area contributed by atoms with Crippen LogP contribution >= 0.6 is 0 Å². The van der Waals surface area contributed by atoms with Crippen LogP contribution in [0.2, 0.25) is 0 Å². The van der Waals surface area contributed by atoms with Gasteiger partial charge in [-0.05, 0) is 0 Å². The molecule has 0 saturated carbocycles. The molecule has 0 radical (unpaired) electrons. The molecule has 0 bridgehead atoms. The molecular weight excluding hydrogens is 208 g/mol. The van der Waals surface area contributed by atoms with Crippen molar-refractivity contribution in [1.29, 1.82) is 0 Å². The van der Waals surface area contributed by atoms with E-state index in [9.17, 15) is 0 Å². The fraction of sp³-hybridized carbons (Fsp3) is 0.667. The summed E-state index contributed by atoms with van der Waals surface area (Å²) in [5.74, 6) is -1.43. The maximum atomic E-state index is 5.80. The van der Waals surface area contributed by atoms with Gasteiger partial charge in [-0.2, -0.15) is 0 Å². The van der Waals surface area contributed by atoms with E-state index >= 15 is 0 Å². The van der Waals surface area contributed by atoms with Gasteiger partial charge in [-0.25, -0.2) is 0 Å². The molecule has 0 aromatic carbocycles. The van der Waals surface area contributed by atoms with Crippen molar-refractivity contribution in [3.8, 4) is 0 Å². The van der Waals surface area contributed by atoms with Crippen LogP contribution in [0.1, 0.15) is 25.7 Å². The monoisotopic (exact) mass is 224 g/mol. The minimum absolute atomic E-state index is 0.339. The van der Waals surface area contributed by atoms with Gasteiger partial charge in [0.05, 0.1) is 25.7 Å². The Morgan fingerprint density at radius 2 is 1.88 bits per heavy atom. The highest BCUT2D eigenvalue weighted by atomic mass is 16.9. The smallest absolute Gasteiger partial charge is 0.220 e. The molecule has 4 heteroatoms. The van der Waals surface area contributed by atoms with Crippen molar-refractivity contribution >= 4 is 0 Å². The minimum Gasteiger partial charge on any atom is -0.470 e. The lowest BCUT2D eigenvalue weighted by Gasteiger charge is -2.66. The summed E-state index contributed by atoms with van der Waals surface area (Å²) in [4.78, 5) is 0. The lowest BCUT2D eigenvalue weighted by atomic mass is 9.81. The zero-order chi connectivity index (χ0) is 11.3. The highest BCUT2D eigenvalue weighted by Crippen LogP contribution is 2.60. The molecule has 88 valence electrons. The van der Waals surface area contributed by atoms with Gasteiger partial charge in [-0.15, -0.1) is 6.58 Å². The van der Waals surface area contributed by atoms with E-state index in [0.717, 1.165) is 19.4 Å². The molecule has 0 amide bonds. The summed E-state index contributed by atoms with van der Waals surface area (Å²) in [6.45, 7) is 8.04. The molecule has 4 nitrogen and oxygen atoms in total. The van der Waals surface area contributed by atoms with Crippen molar-refractivity contribution in [3.63, 3.8) is 0 Å². The molecule has 0 N–H and O–H groups in total. The molecule has 0 aliphatic carbocycles. The number of rotatable bonds is 4. The van der Waals surface area contributed by atoms with E-state index in [-0.39, 0.29) is 5.79 Å². The lowest BCUT2D eigenvalue weighted by Crippen LogP contribution is -2.76. The fourth-order valence-electron chi connectivity index (χ4n) is 2.79. The second-order valence-electron chi connectivity index (χ2n) is 4.67. The van der Waals surface area contributed by atoms with Gasteiger partial charge in [-0.3, -0.25) is 0 Å². The Hall–Kier alpha value is -0.840. The van der Waals surface area contributed by atoms with Gasteiger partial charge in [0.15, 0.2) is 11.6 Å².